The van der Waals surface area contributed by atoms with Gasteiger partial charge < -0.3 is 15.3 Å². The molecule has 23 heavy (non-hydrogen) atoms. The molecule has 0 saturated carbocycles. The molecule has 4 N–H and O–H groups in total. The molecule has 0 atom stereocenters. The van der Waals surface area contributed by atoms with Gasteiger partial charge in [-0.15, -0.1) is 0 Å². The van der Waals surface area contributed by atoms with E-state index >= 15 is 0 Å². The van der Waals surface area contributed by atoms with E-state index in [1.165, 1.54) is 52.1 Å². The maximum Gasteiger partial charge on any atom is 0.0558 e. The number of β-amino-alcohol motifs (C(OH)–C–C–N with tert-alkyl or cyclic N) is 1. The number of hydrogen-bond donors (Lipinski definition) is 3. The van der Waals surface area contributed by atoms with E-state index < -0.39 is 0 Å². The van der Waals surface area contributed by atoms with E-state index in [4.69, 9.17) is 10.9 Å². The molecule has 3 aliphatic heterocycles. The summed E-state index contributed by atoms with van der Waals surface area (Å²) in [4.78, 5) is 7.32. The van der Waals surface area contributed by atoms with Crippen LogP contribution in [0, 0.1) is 0 Å². The summed E-state index contributed by atoms with van der Waals surface area (Å²) in [7, 11) is 2.23. The number of nitrogens with one attached hydrogen (secondary N) is 1. The summed E-state index contributed by atoms with van der Waals surface area (Å²) < 4.78 is 0. The summed E-state index contributed by atoms with van der Waals surface area (Å²) in [6, 6.07) is 0.873. The Hall–Kier alpha value is -0.280. The van der Waals surface area contributed by atoms with E-state index in [-0.39, 0.29) is 6.61 Å². The number of nitrogens with zero attached hydrogens (tertiary/aromatic N) is 4. The molecule has 3 heterocycles. The molecule has 3 saturated heterocycles. The van der Waals surface area contributed by atoms with Crippen LogP contribution in [0.15, 0.2) is 0 Å². The molecule has 0 bridgehead atoms. The van der Waals surface area contributed by atoms with Crippen molar-refractivity contribution < 1.29 is 5.11 Å². The number of hydrogen-bond acceptors (Lipinski definition) is 7. The van der Waals surface area contributed by atoms with Gasteiger partial charge in [0.2, 0.25) is 0 Å². The van der Waals surface area contributed by atoms with Crippen molar-refractivity contribution in [3.8, 4) is 0 Å². The number of hydrazine groups is 1. The number of rotatable bonds is 3. The molecule has 7 heteroatoms. The highest BCUT2D eigenvalue weighted by atomic mass is 16.3. The Morgan fingerprint density at radius 3 is 2.13 bits per heavy atom. The smallest absolute Gasteiger partial charge is 0.0558 e. The first-order valence-corrected chi connectivity index (χ1v) is 9.15. The lowest BCUT2D eigenvalue weighted by atomic mass is 10.0. The highest BCUT2D eigenvalue weighted by Crippen LogP contribution is 2.15. The van der Waals surface area contributed by atoms with Gasteiger partial charge in [-0.25, -0.2) is 5.01 Å². The number of piperazine rings is 2. The van der Waals surface area contributed by atoms with Crippen molar-refractivity contribution in [3.05, 3.63) is 0 Å². The second-order valence-electron chi connectivity index (χ2n) is 6.92. The van der Waals surface area contributed by atoms with Crippen LogP contribution in [-0.4, -0.2) is 117 Å². The summed E-state index contributed by atoms with van der Waals surface area (Å²) >= 11 is 0. The van der Waals surface area contributed by atoms with Crippen molar-refractivity contribution in [1.82, 2.24) is 25.0 Å². The van der Waals surface area contributed by atoms with E-state index in [9.17, 15) is 0 Å². The van der Waals surface area contributed by atoms with Crippen molar-refractivity contribution in [2.75, 3.05) is 85.6 Å². The van der Waals surface area contributed by atoms with Gasteiger partial charge in [-0.3, -0.25) is 15.6 Å². The van der Waals surface area contributed by atoms with Crippen LogP contribution in [0.4, 0.5) is 0 Å². The first-order valence-electron chi connectivity index (χ1n) is 9.15. The lowest BCUT2D eigenvalue weighted by molar-refractivity contribution is 0.109. The van der Waals surface area contributed by atoms with Crippen LogP contribution >= 0.6 is 0 Å². The summed E-state index contributed by atoms with van der Waals surface area (Å²) in [5.41, 5.74) is 0. The fourth-order valence-electron chi connectivity index (χ4n) is 3.54. The number of piperidine rings is 1. The van der Waals surface area contributed by atoms with Gasteiger partial charge in [0.1, 0.15) is 0 Å². The van der Waals surface area contributed by atoms with Gasteiger partial charge in [0.25, 0.3) is 0 Å². The number of likely N-dealkylation sites (tertiary alicyclic amines) is 1. The standard InChI is InChI=1S/C10H21N3.C6H15N3O/c1-12-6-2-10(3-7-12)13-8-4-11-5-9-13;7-9-3-1-8(2-4-9)5-6-10/h10-11H,2-9H2,1H3;10H,1-7H2. The second-order valence-corrected chi connectivity index (χ2v) is 6.92. The third-order valence-electron chi connectivity index (χ3n) is 5.18. The lowest BCUT2D eigenvalue weighted by Crippen LogP contribution is -2.51. The second kappa shape index (κ2) is 10.6. The average molecular weight is 329 g/mol. The number of nitrogens with two attached hydrogens (primary N) is 1. The molecule has 0 radical (unpaired) electrons. The summed E-state index contributed by atoms with van der Waals surface area (Å²) in [5, 5.41) is 13.8. The third kappa shape index (κ3) is 7.01. The third-order valence-corrected chi connectivity index (χ3v) is 5.18. The van der Waals surface area contributed by atoms with Gasteiger partial charge >= 0.3 is 0 Å². The topological polar surface area (TPSA) is 71.2 Å². The van der Waals surface area contributed by atoms with E-state index in [0.29, 0.717) is 0 Å². The molecule has 0 aromatic carbocycles. The first kappa shape index (κ1) is 19.1. The van der Waals surface area contributed by atoms with E-state index in [0.717, 1.165) is 38.8 Å². The molecular weight excluding hydrogens is 292 g/mol. The van der Waals surface area contributed by atoms with Crippen LogP contribution in [-0.2, 0) is 0 Å². The maximum atomic E-state index is 8.60. The van der Waals surface area contributed by atoms with E-state index in [1.54, 1.807) is 0 Å². The Balaban J connectivity index is 0.000000174. The maximum absolute atomic E-state index is 8.60. The number of aliphatic hydroxyl groups excluding tert-OH is 1. The van der Waals surface area contributed by atoms with E-state index in [2.05, 4.69) is 27.1 Å². The largest absolute Gasteiger partial charge is 0.395 e. The predicted molar refractivity (Wildman–Crippen MR) is 94.2 cm³/mol. The monoisotopic (exact) mass is 328 g/mol. The molecule has 0 unspecified atom stereocenters. The molecular formula is C16H36N6O. The molecule has 7 nitrogen and oxygen atoms in total. The van der Waals surface area contributed by atoms with E-state index in [1.807, 2.05) is 5.01 Å². The molecule has 0 aromatic heterocycles. The zero-order chi connectivity index (χ0) is 16.5. The van der Waals surface area contributed by atoms with Gasteiger partial charge in [-0.1, -0.05) is 0 Å². The molecule has 3 rings (SSSR count). The summed E-state index contributed by atoms with van der Waals surface area (Å²) in [6.07, 6.45) is 2.74. The van der Waals surface area contributed by atoms with Gasteiger partial charge in [0.05, 0.1) is 6.61 Å². The summed E-state index contributed by atoms with van der Waals surface area (Å²) in [6.45, 7) is 12.3. The molecule has 0 amide bonds. The Bertz CT molecular complexity index is 297. The lowest BCUT2D eigenvalue weighted by Gasteiger charge is -2.39. The molecule has 3 aliphatic rings. The molecule has 0 aromatic rings. The molecule has 0 aliphatic carbocycles. The van der Waals surface area contributed by atoms with Gasteiger partial charge in [0.15, 0.2) is 0 Å². The molecule has 0 spiro atoms. The first-order chi connectivity index (χ1) is 11.2. The van der Waals surface area contributed by atoms with Crippen molar-refractivity contribution in [1.29, 1.82) is 0 Å². The van der Waals surface area contributed by atoms with Crippen LogP contribution in [0.5, 0.6) is 0 Å². The highest BCUT2D eigenvalue weighted by Gasteiger charge is 2.23. The van der Waals surface area contributed by atoms with Crippen LogP contribution < -0.4 is 11.2 Å². The number of aliphatic hydroxyl groups is 1. The van der Waals surface area contributed by atoms with Gasteiger partial charge in [0, 0.05) is 64.9 Å². The zero-order valence-electron chi connectivity index (χ0n) is 14.8. The minimum atomic E-state index is 0.255. The normalized spacial score (nSPS) is 26.7. The minimum Gasteiger partial charge on any atom is -0.395 e. The Kier molecular flexibility index (Phi) is 8.74. The van der Waals surface area contributed by atoms with Crippen molar-refractivity contribution >= 4 is 0 Å². The van der Waals surface area contributed by atoms with Crippen LogP contribution in [0.25, 0.3) is 0 Å². The average Bonchev–Trinajstić information content (AvgIpc) is 2.59. The fourth-order valence-corrected chi connectivity index (χ4v) is 3.54. The summed E-state index contributed by atoms with van der Waals surface area (Å²) in [5.74, 6) is 5.54. The van der Waals surface area contributed by atoms with Crippen LogP contribution in [0.2, 0.25) is 0 Å². The Morgan fingerprint density at radius 1 is 0.957 bits per heavy atom. The predicted octanol–water partition coefficient (Wildman–Crippen LogP) is -1.54. The van der Waals surface area contributed by atoms with Crippen molar-refractivity contribution in [2.24, 2.45) is 5.84 Å². The fraction of sp³-hybridized carbons (Fsp3) is 1.00. The zero-order valence-corrected chi connectivity index (χ0v) is 14.8. The quantitative estimate of drug-likeness (QED) is 0.542. The van der Waals surface area contributed by atoms with Crippen LogP contribution in [0.1, 0.15) is 12.8 Å². The van der Waals surface area contributed by atoms with Gasteiger partial charge in [-0.2, -0.15) is 0 Å². The molecule has 136 valence electrons. The van der Waals surface area contributed by atoms with Crippen molar-refractivity contribution in [3.63, 3.8) is 0 Å². The van der Waals surface area contributed by atoms with Crippen molar-refractivity contribution in [2.45, 2.75) is 18.9 Å². The highest BCUT2D eigenvalue weighted by molar-refractivity contribution is 4.81. The van der Waals surface area contributed by atoms with Gasteiger partial charge in [-0.05, 0) is 33.0 Å². The van der Waals surface area contributed by atoms with Crippen LogP contribution in [0.3, 0.4) is 0 Å². The SMILES string of the molecule is CN1CCC(N2CCNCC2)CC1.NN1CCN(CCO)CC1. The minimum absolute atomic E-state index is 0.255. The Labute approximate surface area is 141 Å². The Morgan fingerprint density at radius 2 is 1.57 bits per heavy atom. The molecule has 3 fully saturated rings.